The van der Waals surface area contributed by atoms with Crippen molar-refractivity contribution in [3.05, 3.63) is 102 Å². The maximum Gasteiger partial charge on any atom is 0.213 e. The molecule has 0 heterocycles. The van der Waals surface area contributed by atoms with E-state index in [0.29, 0.717) is 11.3 Å². The van der Waals surface area contributed by atoms with Gasteiger partial charge in [0.25, 0.3) is 0 Å². The van der Waals surface area contributed by atoms with E-state index >= 15 is 0 Å². The molecule has 3 aromatic rings. The lowest BCUT2D eigenvalue weighted by Gasteiger charge is -2.04. The average Bonchev–Trinajstić information content (AvgIpc) is 2.72. The van der Waals surface area contributed by atoms with Gasteiger partial charge in [-0.1, -0.05) is 60.7 Å². The van der Waals surface area contributed by atoms with Crippen LogP contribution in [0, 0.1) is 0 Å². The lowest BCUT2D eigenvalue weighted by molar-refractivity contribution is 0.106. The summed E-state index contributed by atoms with van der Waals surface area (Å²) >= 11 is 0. The third-order valence-corrected chi connectivity index (χ3v) is 3.78. The molecular formula is C22H18N2O2. The van der Waals surface area contributed by atoms with Crippen molar-refractivity contribution in [3.63, 3.8) is 0 Å². The van der Waals surface area contributed by atoms with Crippen LogP contribution in [-0.4, -0.2) is 24.8 Å². The van der Waals surface area contributed by atoms with Gasteiger partial charge >= 0.3 is 0 Å². The lowest BCUT2D eigenvalue weighted by atomic mass is 10.0. The number of ether oxygens (including phenoxy) is 1. The Morgan fingerprint density at radius 1 is 0.808 bits per heavy atom. The molecule has 128 valence electrons. The van der Waals surface area contributed by atoms with Gasteiger partial charge in [0.1, 0.15) is 11.5 Å². The van der Waals surface area contributed by atoms with E-state index in [1.807, 2.05) is 72.8 Å². The second-order valence-corrected chi connectivity index (χ2v) is 5.53. The fourth-order valence-electron chi connectivity index (χ4n) is 2.40. The molecule has 0 amide bonds. The van der Waals surface area contributed by atoms with Gasteiger partial charge in [-0.25, -0.2) is 0 Å². The molecule has 4 nitrogen and oxygen atoms in total. The summed E-state index contributed by atoms with van der Waals surface area (Å²) in [4.78, 5) is 12.8. The molecule has 0 saturated heterocycles. The molecule has 0 N–H and O–H groups in total. The van der Waals surface area contributed by atoms with Crippen LogP contribution in [-0.2, 0) is 0 Å². The number of Topliss-reactive ketones (excluding diaryl/α,β-unsaturated/α-hetero) is 1. The largest absolute Gasteiger partial charge is 0.497 e. The first-order chi connectivity index (χ1) is 12.8. The summed E-state index contributed by atoms with van der Waals surface area (Å²) in [6, 6.07) is 25.9. The molecule has 0 unspecified atom stereocenters. The van der Waals surface area contributed by atoms with Gasteiger partial charge in [0, 0.05) is 11.1 Å². The number of benzene rings is 3. The van der Waals surface area contributed by atoms with Gasteiger partial charge in [-0.15, -0.1) is 5.10 Å². The number of ketones is 1. The SMILES string of the molecule is COc1ccc(/C=N\N=C(/C(=O)c2ccccc2)c2ccccc2)cc1. The van der Waals surface area contributed by atoms with E-state index in [2.05, 4.69) is 10.2 Å². The van der Waals surface area contributed by atoms with Gasteiger partial charge in [0.15, 0.2) is 0 Å². The third-order valence-electron chi connectivity index (χ3n) is 3.78. The second kappa shape index (κ2) is 8.53. The van der Waals surface area contributed by atoms with Crippen molar-refractivity contribution in [3.8, 4) is 5.75 Å². The Balaban J connectivity index is 1.91. The Kier molecular flexibility index (Phi) is 5.68. The van der Waals surface area contributed by atoms with Crippen LogP contribution in [0.4, 0.5) is 0 Å². The van der Waals surface area contributed by atoms with Crippen molar-refractivity contribution >= 4 is 17.7 Å². The van der Waals surface area contributed by atoms with E-state index in [0.717, 1.165) is 16.9 Å². The van der Waals surface area contributed by atoms with Gasteiger partial charge in [0.05, 0.1) is 13.3 Å². The molecule has 0 bridgehead atoms. The van der Waals surface area contributed by atoms with E-state index in [-0.39, 0.29) is 5.78 Å². The van der Waals surface area contributed by atoms with E-state index in [1.54, 1.807) is 25.5 Å². The van der Waals surface area contributed by atoms with Gasteiger partial charge < -0.3 is 4.74 Å². The summed E-state index contributed by atoms with van der Waals surface area (Å²) in [7, 11) is 1.62. The van der Waals surface area contributed by atoms with Crippen LogP contribution in [0.1, 0.15) is 21.5 Å². The first-order valence-corrected chi connectivity index (χ1v) is 8.18. The molecule has 3 rings (SSSR count). The van der Waals surface area contributed by atoms with Crippen molar-refractivity contribution < 1.29 is 9.53 Å². The summed E-state index contributed by atoms with van der Waals surface area (Å²) in [6.07, 6.45) is 1.61. The van der Waals surface area contributed by atoms with E-state index in [1.165, 1.54) is 0 Å². The maximum absolute atomic E-state index is 12.8. The minimum absolute atomic E-state index is 0.163. The molecule has 0 aliphatic carbocycles. The topological polar surface area (TPSA) is 51.0 Å². The second-order valence-electron chi connectivity index (χ2n) is 5.53. The number of carbonyl (C=O) groups excluding carboxylic acids is 1. The number of rotatable bonds is 6. The number of hydrogen-bond acceptors (Lipinski definition) is 4. The van der Waals surface area contributed by atoms with Gasteiger partial charge in [-0.05, 0) is 29.8 Å². The van der Waals surface area contributed by atoms with E-state index in [9.17, 15) is 4.79 Å². The monoisotopic (exact) mass is 342 g/mol. The van der Waals surface area contributed by atoms with Crippen LogP contribution < -0.4 is 4.74 Å². The third kappa shape index (κ3) is 4.30. The predicted molar refractivity (Wildman–Crippen MR) is 104 cm³/mol. The first-order valence-electron chi connectivity index (χ1n) is 8.18. The van der Waals surface area contributed by atoms with Crippen molar-refractivity contribution in [2.75, 3.05) is 7.11 Å². The highest BCUT2D eigenvalue weighted by Gasteiger charge is 2.15. The van der Waals surface area contributed by atoms with Crippen molar-refractivity contribution in [1.29, 1.82) is 0 Å². The summed E-state index contributed by atoms with van der Waals surface area (Å²) in [5.41, 5.74) is 2.48. The molecule has 26 heavy (non-hydrogen) atoms. The molecule has 0 aliphatic rings. The first kappa shape index (κ1) is 17.3. The minimum Gasteiger partial charge on any atom is -0.497 e. The minimum atomic E-state index is -0.163. The molecule has 0 atom stereocenters. The number of methoxy groups -OCH3 is 1. The smallest absolute Gasteiger partial charge is 0.213 e. The molecule has 0 aromatic heterocycles. The Morgan fingerprint density at radius 3 is 1.96 bits per heavy atom. The summed E-state index contributed by atoms with van der Waals surface area (Å²) in [6.45, 7) is 0. The fraction of sp³-hybridized carbons (Fsp3) is 0.0455. The molecule has 0 saturated carbocycles. The van der Waals surface area contributed by atoms with Crippen LogP contribution in [0.25, 0.3) is 0 Å². The van der Waals surface area contributed by atoms with Crippen LogP contribution >= 0.6 is 0 Å². The van der Waals surface area contributed by atoms with Gasteiger partial charge in [-0.3, -0.25) is 4.79 Å². The molecule has 3 aromatic carbocycles. The zero-order chi connectivity index (χ0) is 18.2. The Labute approximate surface area is 152 Å². The normalized spacial score (nSPS) is 11.5. The summed E-state index contributed by atoms with van der Waals surface area (Å²) in [5.74, 6) is 0.610. The van der Waals surface area contributed by atoms with Crippen molar-refractivity contribution in [2.45, 2.75) is 0 Å². The Morgan fingerprint density at radius 2 is 1.38 bits per heavy atom. The Bertz CT molecular complexity index is 915. The quantitative estimate of drug-likeness (QED) is 0.379. The predicted octanol–water partition coefficient (Wildman–Crippen LogP) is 4.40. The highest BCUT2D eigenvalue weighted by molar-refractivity contribution is 6.51. The lowest BCUT2D eigenvalue weighted by Crippen LogP contribution is -2.15. The van der Waals surface area contributed by atoms with Crippen LogP contribution in [0.2, 0.25) is 0 Å². The molecular weight excluding hydrogens is 324 g/mol. The van der Waals surface area contributed by atoms with Gasteiger partial charge in [-0.2, -0.15) is 5.10 Å². The molecule has 0 aliphatic heterocycles. The fourth-order valence-corrected chi connectivity index (χ4v) is 2.40. The molecule has 4 heteroatoms. The summed E-state index contributed by atoms with van der Waals surface area (Å²) in [5, 5.41) is 8.34. The zero-order valence-corrected chi connectivity index (χ0v) is 14.4. The number of nitrogens with zero attached hydrogens (tertiary/aromatic N) is 2. The molecule has 0 radical (unpaired) electrons. The number of carbonyl (C=O) groups is 1. The maximum atomic E-state index is 12.8. The van der Waals surface area contributed by atoms with Crippen LogP contribution in [0.5, 0.6) is 5.75 Å². The standard InChI is InChI=1S/C22H18N2O2/c1-26-20-14-12-17(13-15-20)16-23-24-21(18-8-4-2-5-9-18)22(25)19-10-6-3-7-11-19/h2-16H,1H3/b23-16-,24-21-. The molecule has 0 fully saturated rings. The Hall–Kier alpha value is -3.53. The number of hydrogen-bond donors (Lipinski definition) is 0. The van der Waals surface area contributed by atoms with E-state index < -0.39 is 0 Å². The highest BCUT2D eigenvalue weighted by atomic mass is 16.5. The van der Waals surface area contributed by atoms with Gasteiger partial charge in [0.2, 0.25) is 5.78 Å². The van der Waals surface area contributed by atoms with Crippen molar-refractivity contribution in [1.82, 2.24) is 0 Å². The van der Waals surface area contributed by atoms with Crippen LogP contribution in [0.15, 0.2) is 95.1 Å². The van der Waals surface area contributed by atoms with E-state index in [4.69, 9.17) is 4.74 Å². The zero-order valence-electron chi connectivity index (χ0n) is 14.4. The average molecular weight is 342 g/mol. The van der Waals surface area contributed by atoms with Crippen molar-refractivity contribution in [2.24, 2.45) is 10.2 Å². The molecule has 0 spiro atoms. The summed E-state index contributed by atoms with van der Waals surface area (Å²) < 4.78 is 5.13. The van der Waals surface area contributed by atoms with Crippen LogP contribution in [0.3, 0.4) is 0 Å². The highest BCUT2D eigenvalue weighted by Crippen LogP contribution is 2.11.